The van der Waals surface area contributed by atoms with Gasteiger partial charge in [-0.15, -0.1) is 10.2 Å². The van der Waals surface area contributed by atoms with Crippen LogP contribution in [-0.2, 0) is 10.8 Å². The predicted molar refractivity (Wildman–Crippen MR) is 230 cm³/mol. The molecule has 1 aliphatic carbocycles. The molecule has 8 heteroatoms. The SMILES string of the molecule is CN1C(=CC=C2CCC(C=CC3=[N+](C)c4ccc5ccccc5c4C3(C)C)=C2N(c2ccccc2)c2ccccc2)C(C)(C)c2c1ccc1ccccc21.[O-][Cl+3]([O-])([O-])[O-]. The zero-order valence-corrected chi connectivity index (χ0v) is 35.0. The van der Waals surface area contributed by atoms with Gasteiger partial charge in [-0.25, -0.2) is 18.6 Å². The number of likely N-dealkylation sites (N-methyl/N-ethyl adjacent to an activating group) is 1. The molecule has 3 aliphatic rings. The summed E-state index contributed by atoms with van der Waals surface area (Å²) in [6, 6.07) is 48.5. The largest absolute Gasteiger partial charge is 0.347 e. The summed E-state index contributed by atoms with van der Waals surface area (Å²) >= 11 is 0. The van der Waals surface area contributed by atoms with Crippen molar-refractivity contribution in [3.8, 4) is 0 Å². The normalized spacial score (nSPS) is 18.3. The van der Waals surface area contributed by atoms with Crippen LogP contribution in [0.5, 0.6) is 0 Å². The number of benzene rings is 6. The molecule has 298 valence electrons. The number of halogens is 1. The summed E-state index contributed by atoms with van der Waals surface area (Å²) in [7, 11) is -0.490. The highest BCUT2D eigenvalue weighted by Crippen LogP contribution is 2.51. The second-order valence-corrected chi connectivity index (χ2v) is 17.2. The molecular formula is C51H48ClN3O4. The Balaban J connectivity index is 0.000000915. The first kappa shape index (κ1) is 40.0. The highest BCUT2D eigenvalue weighted by molar-refractivity contribution is 6.08. The Hall–Kier alpha value is -5.80. The van der Waals surface area contributed by atoms with Crippen LogP contribution >= 0.6 is 0 Å². The first-order valence-electron chi connectivity index (χ1n) is 19.9. The Morgan fingerprint density at radius 3 is 1.73 bits per heavy atom. The molecule has 2 aliphatic heterocycles. The maximum Gasteiger partial charge on any atom is 0.210 e. The van der Waals surface area contributed by atoms with Crippen LogP contribution < -0.4 is 28.4 Å². The molecule has 0 bridgehead atoms. The molecule has 2 heterocycles. The summed E-state index contributed by atoms with van der Waals surface area (Å²) in [5.41, 5.74) is 14.0. The first-order valence-corrected chi connectivity index (χ1v) is 21.1. The van der Waals surface area contributed by atoms with Gasteiger partial charge in [0.2, 0.25) is 5.69 Å². The average molecular weight is 802 g/mol. The van der Waals surface area contributed by atoms with E-state index in [9.17, 15) is 0 Å². The lowest BCUT2D eigenvalue weighted by atomic mass is 9.79. The molecule has 9 rings (SSSR count). The molecule has 0 saturated carbocycles. The number of allylic oxidation sites excluding steroid dienone is 7. The fourth-order valence-electron chi connectivity index (χ4n) is 9.63. The molecule has 0 saturated heterocycles. The van der Waals surface area contributed by atoms with Crippen molar-refractivity contribution in [1.29, 1.82) is 0 Å². The maximum atomic E-state index is 8.49. The molecule has 0 atom stereocenters. The van der Waals surface area contributed by atoms with Crippen molar-refractivity contribution in [3.63, 3.8) is 0 Å². The summed E-state index contributed by atoms with van der Waals surface area (Å²) in [5, 5.41) is 5.26. The van der Waals surface area contributed by atoms with Crippen molar-refractivity contribution in [2.45, 2.75) is 51.4 Å². The van der Waals surface area contributed by atoms with Crippen molar-refractivity contribution in [2.75, 3.05) is 23.9 Å². The Labute approximate surface area is 348 Å². The fraction of sp³-hybridized carbons (Fsp3) is 0.196. The van der Waals surface area contributed by atoms with E-state index in [1.165, 1.54) is 72.3 Å². The van der Waals surface area contributed by atoms with Gasteiger partial charge in [0, 0.05) is 52.9 Å². The number of anilines is 3. The van der Waals surface area contributed by atoms with Crippen LogP contribution in [0.1, 0.15) is 51.7 Å². The van der Waals surface area contributed by atoms with E-state index in [0.717, 1.165) is 24.2 Å². The summed E-state index contributed by atoms with van der Waals surface area (Å²) in [6.07, 6.45) is 11.6. The Morgan fingerprint density at radius 1 is 0.610 bits per heavy atom. The van der Waals surface area contributed by atoms with Gasteiger partial charge in [-0.05, 0) is 107 Å². The van der Waals surface area contributed by atoms with E-state index in [1.807, 2.05) is 0 Å². The summed E-state index contributed by atoms with van der Waals surface area (Å²) in [6.45, 7) is 9.52. The van der Waals surface area contributed by atoms with E-state index in [0.29, 0.717) is 0 Å². The summed E-state index contributed by atoms with van der Waals surface area (Å²) < 4.78 is 36.4. The van der Waals surface area contributed by atoms with Crippen LogP contribution in [0.4, 0.5) is 22.7 Å². The molecular weight excluding hydrogens is 754 g/mol. The topological polar surface area (TPSA) is 102 Å². The van der Waals surface area contributed by atoms with Gasteiger partial charge >= 0.3 is 0 Å². The van der Waals surface area contributed by atoms with Crippen LogP contribution in [0.2, 0.25) is 0 Å². The van der Waals surface area contributed by atoms with Gasteiger partial charge in [0.05, 0.1) is 11.1 Å². The minimum absolute atomic E-state index is 0.153. The zero-order valence-electron chi connectivity index (χ0n) is 34.3. The van der Waals surface area contributed by atoms with Gasteiger partial charge in [-0.1, -0.05) is 117 Å². The third kappa shape index (κ3) is 7.41. The quantitative estimate of drug-likeness (QED) is 0.159. The Kier molecular flexibility index (Phi) is 10.5. The van der Waals surface area contributed by atoms with Crippen LogP contribution in [0.15, 0.2) is 180 Å². The highest BCUT2D eigenvalue weighted by Gasteiger charge is 2.44. The van der Waals surface area contributed by atoms with Crippen LogP contribution in [0.25, 0.3) is 21.5 Å². The number of nitrogens with zero attached hydrogens (tertiary/aromatic N) is 3. The second-order valence-electron chi connectivity index (χ2n) is 16.5. The molecule has 6 aromatic carbocycles. The summed E-state index contributed by atoms with van der Waals surface area (Å²) in [4.78, 5) is 4.87. The van der Waals surface area contributed by atoms with Gasteiger partial charge < -0.3 is 9.80 Å². The number of para-hydroxylation sites is 2. The molecule has 0 fully saturated rings. The molecule has 0 radical (unpaired) electrons. The monoisotopic (exact) mass is 801 g/mol. The van der Waals surface area contributed by atoms with Crippen LogP contribution in [0.3, 0.4) is 0 Å². The number of hydrogen-bond acceptors (Lipinski definition) is 6. The van der Waals surface area contributed by atoms with E-state index < -0.39 is 10.2 Å². The van der Waals surface area contributed by atoms with E-state index in [4.69, 9.17) is 18.6 Å². The molecule has 0 spiro atoms. The van der Waals surface area contributed by atoms with Gasteiger partial charge in [-0.2, -0.15) is 4.58 Å². The maximum absolute atomic E-state index is 8.49. The minimum Gasteiger partial charge on any atom is -0.347 e. The van der Waals surface area contributed by atoms with E-state index in [2.05, 4.69) is 214 Å². The molecule has 6 aromatic rings. The standard InChI is InChI=1S/C51H48N3.ClHO4/c1-50(2)45(52(5)43-31-27-35-17-13-15-23-41(35)47(43)50)33-29-37-25-26-38(49(37)54(39-19-9-7-10-20-39)40-21-11-8-12-22-40)30-34-46-51(3,4)48-42-24-16-14-18-36(42)28-32-44(48)53(46)6;2-1(3,4)5/h7-24,27-34H,25-26H2,1-6H3;(H,2,3,4,5)/q+1;/p-1. The van der Waals surface area contributed by atoms with Crippen molar-refractivity contribution in [1.82, 2.24) is 0 Å². The number of rotatable bonds is 6. The van der Waals surface area contributed by atoms with E-state index >= 15 is 0 Å². The fourth-order valence-corrected chi connectivity index (χ4v) is 9.63. The lowest BCUT2D eigenvalue weighted by Crippen LogP contribution is -2.68. The molecule has 7 nitrogen and oxygen atoms in total. The van der Waals surface area contributed by atoms with Gasteiger partial charge in [-0.3, -0.25) is 0 Å². The molecule has 59 heavy (non-hydrogen) atoms. The van der Waals surface area contributed by atoms with Crippen LogP contribution in [0, 0.1) is 10.2 Å². The lowest BCUT2D eigenvalue weighted by Gasteiger charge is -2.29. The third-order valence-electron chi connectivity index (χ3n) is 12.2. The first-order chi connectivity index (χ1) is 28.2. The van der Waals surface area contributed by atoms with Gasteiger partial charge in [0.15, 0.2) is 5.71 Å². The molecule has 0 amide bonds. The van der Waals surface area contributed by atoms with Crippen LogP contribution in [-0.4, -0.2) is 24.4 Å². The summed E-state index contributed by atoms with van der Waals surface area (Å²) in [5.74, 6) is 0. The Bertz CT molecular complexity index is 2700. The minimum atomic E-state index is -4.94. The van der Waals surface area contributed by atoms with Crippen molar-refractivity contribution >= 4 is 50.0 Å². The third-order valence-corrected chi connectivity index (χ3v) is 12.2. The molecule has 0 N–H and O–H groups in total. The molecule has 0 unspecified atom stereocenters. The van der Waals surface area contributed by atoms with E-state index in [1.54, 1.807) is 0 Å². The number of fused-ring (bicyclic) bond motifs is 6. The van der Waals surface area contributed by atoms with Gasteiger partial charge in [0.1, 0.15) is 7.05 Å². The highest BCUT2D eigenvalue weighted by atomic mass is 35.7. The smallest absolute Gasteiger partial charge is 0.210 e. The molecule has 0 aromatic heterocycles. The Morgan fingerprint density at radius 2 is 1.14 bits per heavy atom. The van der Waals surface area contributed by atoms with Crippen molar-refractivity contribution in [2.24, 2.45) is 0 Å². The van der Waals surface area contributed by atoms with Crippen molar-refractivity contribution in [3.05, 3.63) is 191 Å². The average Bonchev–Trinajstić information content (AvgIpc) is 3.77. The van der Waals surface area contributed by atoms with Crippen molar-refractivity contribution < 1.29 is 33.5 Å². The lowest BCUT2D eigenvalue weighted by molar-refractivity contribution is -2.00. The predicted octanol–water partition coefficient (Wildman–Crippen LogP) is 7.92. The second kappa shape index (κ2) is 15.4. The number of hydrogen-bond donors (Lipinski definition) is 0. The zero-order chi connectivity index (χ0) is 41.7. The van der Waals surface area contributed by atoms with E-state index in [-0.39, 0.29) is 10.8 Å². The van der Waals surface area contributed by atoms with Gasteiger partial charge in [0.25, 0.3) is 0 Å².